The highest BCUT2D eigenvalue weighted by molar-refractivity contribution is 5.70. The predicted molar refractivity (Wildman–Crippen MR) is 99.8 cm³/mol. The van der Waals surface area contributed by atoms with Crippen molar-refractivity contribution in [3.63, 3.8) is 0 Å². The maximum atomic E-state index is 12.4. The third-order valence-electron chi connectivity index (χ3n) is 3.82. The molecule has 0 aliphatic carbocycles. The van der Waals surface area contributed by atoms with Gasteiger partial charge in [0.15, 0.2) is 0 Å². The molecular formula is C20H18N2O2-2. The molecule has 0 atom stereocenters. The molecule has 3 rings (SSSR count). The molecule has 24 heavy (non-hydrogen) atoms. The van der Waals surface area contributed by atoms with Crippen molar-refractivity contribution in [2.45, 2.75) is 13.8 Å². The molecule has 0 aliphatic heterocycles. The standard InChI is InChI=1S/C20H18N2O2/c1-15-6-8-17(9-7-15)21(23)18-10-12-19(13-11-18)22(24)20-5-3-4-16(2)14-20/h3-14H,1-2H3/q-2. The van der Waals surface area contributed by atoms with E-state index >= 15 is 0 Å². The SMILES string of the molecule is Cc1ccc(N([O-])c2ccc(N([O-])c3cccc(C)c3)cc2)cc1. The maximum Gasteiger partial charge on any atom is 0.0306 e. The van der Waals surface area contributed by atoms with Crippen LogP contribution in [0.15, 0.2) is 72.8 Å². The van der Waals surface area contributed by atoms with Gasteiger partial charge in [-0.2, -0.15) is 0 Å². The second-order valence-electron chi connectivity index (χ2n) is 5.78. The van der Waals surface area contributed by atoms with Gasteiger partial charge in [-0.15, -0.1) is 0 Å². The largest absolute Gasteiger partial charge is 0.754 e. The van der Waals surface area contributed by atoms with Gasteiger partial charge in [0.1, 0.15) is 0 Å². The number of rotatable bonds is 4. The number of hydrogen-bond acceptors (Lipinski definition) is 4. The summed E-state index contributed by atoms with van der Waals surface area (Å²) in [4.78, 5) is 0. The number of aryl methyl sites for hydroxylation is 2. The Labute approximate surface area is 141 Å². The molecular weight excluding hydrogens is 300 g/mol. The van der Waals surface area contributed by atoms with Crippen molar-refractivity contribution in [1.82, 2.24) is 0 Å². The average Bonchev–Trinajstić information content (AvgIpc) is 2.61. The van der Waals surface area contributed by atoms with Crippen LogP contribution in [0, 0.1) is 24.3 Å². The van der Waals surface area contributed by atoms with Crippen LogP contribution in [-0.2, 0) is 0 Å². The minimum Gasteiger partial charge on any atom is -0.754 e. The predicted octanol–water partition coefficient (Wildman–Crippen LogP) is 5.58. The van der Waals surface area contributed by atoms with E-state index in [2.05, 4.69) is 0 Å². The summed E-state index contributed by atoms with van der Waals surface area (Å²) in [6.45, 7) is 3.92. The molecule has 0 fully saturated rings. The van der Waals surface area contributed by atoms with Crippen molar-refractivity contribution in [3.8, 4) is 0 Å². The number of benzene rings is 3. The Bertz CT molecular complexity index is 814. The zero-order chi connectivity index (χ0) is 17.1. The lowest BCUT2D eigenvalue weighted by molar-refractivity contribution is 1.26. The molecule has 122 valence electrons. The number of anilines is 4. The second kappa shape index (κ2) is 6.74. The first-order chi connectivity index (χ1) is 11.5. The summed E-state index contributed by atoms with van der Waals surface area (Å²) in [5.74, 6) is 0. The van der Waals surface area contributed by atoms with Gasteiger partial charge in [0.05, 0.1) is 0 Å². The third-order valence-corrected chi connectivity index (χ3v) is 3.82. The van der Waals surface area contributed by atoms with Gasteiger partial charge < -0.3 is 20.5 Å². The van der Waals surface area contributed by atoms with Crippen LogP contribution in [0.4, 0.5) is 22.7 Å². The molecule has 0 aliphatic rings. The first-order valence-electron chi connectivity index (χ1n) is 7.72. The van der Waals surface area contributed by atoms with Crippen molar-refractivity contribution >= 4 is 22.7 Å². The van der Waals surface area contributed by atoms with Crippen LogP contribution in [0.25, 0.3) is 0 Å². The molecule has 3 aromatic carbocycles. The summed E-state index contributed by atoms with van der Waals surface area (Å²) in [6, 6.07) is 21.4. The molecule has 0 aromatic heterocycles. The summed E-state index contributed by atoms with van der Waals surface area (Å²) in [5.41, 5.74) is 4.23. The zero-order valence-electron chi connectivity index (χ0n) is 13.6. The fourth-order valence-electron chi connectivity index (χ4n) is 2.46. The third kappa shape index (κ3) is 3.40. The Morgan fingerprint density at radius 1 is 0.542 bits per heavy atom. The smallest absolute Gasteiger partial charge is 0.0306 e. The van der Waals surface area contributed by atoms with Crippen LogP contribution in [0.1, 0.15) is 11.1 Å². The summed E-state index contributed by atoms with van der Waals surface area (Å²) >= 11 is 0. The lowest BCUT2D eigenvalue weighted by Gasteiger charge is -2.34. The van der Waals surface area contributed by atoms with Gasteiger partial charge in [0.25, 0.3) is 0 Å². The summed E-state index contributed by atoms with van der Waals surface area (Å²) in [6.07, 6.45) is 0. The molecule has 4 heteroatoms. The molecule has 0 N–H and O–H groups in total. The number of hydrogen-bond donors (Lipinski definition) is 0. The normalized spacial score (nSPS) is 10.5. The fraction of sp³-hybridized carbons (Fsp3) is 0.100. The van der Waals surface area contributed by atoms with E-state index in [0.29, 0.717) is 22.7 Å². The molecule has 0 bridgehead atoms. The molecule has 0 amide bonds. The van der Waals surface area contributed by atoms with E-state index < -0.39 is 0 Å². The molecule has 0 saturated carbocycles. The van der Waals surface area contributed by atoms with E-state index in [1.54, 1.807) is 42.5 Å². The highest BCUT2D eigenvalue weighted by atomic mass is 16.5. The van der Waals surface area contributed by atoms with Crippen LogP contribution >= 0.6 is 0 Å². The minimum absolute atomic E-state index is 0.486. The lowest BCUT2D eigenvalue weighted by Crippen LogP contribution is -2.09. The molecule has 0 radical (unpaired) electrons. The molecule has 0 spiro atoms. The second-order valence-corrected chi connectivity index (χ2v) is 5.78. The topological polar surface area (TPSA) is 52.6 Å². The van der Waals surface area contributed by atoms with E-state index in [9.17, 15) is 10.4 Å². The van der Waals surface area contributed by atoms with Gasteiger partial charge >= 0.3 is 0 Å². The van der Waals surface area contributed by atoms with Crippen LogP contribution in [0.2, 0.25) is 0 Å². The van der Waals surface area contributed by atoms with Gasteiger partial charge in [-0.3, -0.25) is 0 Å². The van der Waals surface area contributed by atoms with Crippen molar-refractivity contribution < 1.29 is 0 Å². The minimum atomic E-state index is 0.486. The van der Waals surface area contributed by atoms with E-state index in [1.165, 1.54) is 0 Å². The van der Waals surface area contributed by atoms with Gasteiger partial charge in [0, 0.05) is 22.7 Å². The van der Waals surface area contributed by atoms with Crippen LogP contribution in [0.5, 0.6) is 0 Å². The summed E-state index contributed by atoms with van der Waals surface area (Å²) < 4.78 is 0. The van der Waals surface area contributed by atoms with Crippen molar-refractivity contribution in [1.29, 1.82) is 0 Å². The molecule has 0 heterocycles. The Balaban J connectivity index is 1.81. The van der Waals surface area contributed by atoms with Gasteiger partial charge in [-0.05, 0) is 67.9 Å². The Morgan fingerprint density at radius 3 is 1.50 bits per heavy atom. The van der Waals surface area contributed by atoms with E-state index in [1.807, 2.05) is 44.2 Å². The van der Waals surface area contributed by atoms with Crippen LogP contribution in [0.3, 0.4) is 0 Å². The fourth-order valence-corrected chi connectivity index (χ4v) is 2.46. The van der Waals surface area contributed by atoms with Gasteiger partial charge in [-0.1, -0.05) is 29.8 Å². The average molecular weight is 318 g/mol. The van der Waals surface area contributed by atoms with Gasteiger partial charge in [-0.25, -0.2) is 0 Å². The van der Waals surface area contributed by atoms with E-state index in [0.717, 1.165) is 21.3 Å². The first kappa shape index (κ1) is 16.1. The Kier molecular flexibility index (Phi) is 4.51. The molecule has 4 nitrogen and oxygen atoms in total. The summed E-state index contributed by atoms with van der Waals surface area (Å²) in [5, 5.41) is 26.5. The quantitative estimate of drug-likeness (QED) is 0.590. The lowest BCUT2D eigenvalue weighted by atomic mass is 10.2. The van der Waals surface area contributed by atoms with Gasteiger partial charge in [0.2, 0.25) is 0 Å². The van der Waals surface area contributed by atoms with Crippen molar-refractivity contribution in [2.24, 2.45) is 0 Å². The number of nitrogens with zero attached hydrogens (tertiary/aromatic N) is 2. The van der Waals surface area contributed by atoms with E-state index in [4.69, 9.17) is 0 Å². The first-order valence-corrected chi connectivity index (χ1v) is 7.72. The summed E-state index contributed by atoms with van der Waals surface area (Å²) in [7, 11) is 0. The highest BCUT2D eigenvalue weighted by Crippen LogP contribution is 2.29. The maximum absolute atomic E-state index is 12.4. The molecule has 0 unspecified atom stereocenters. The van der Waals surface area contributed by atoms with Crippen molar-refractivity contribution in [3.05, 3.63) is 94.3 Å². The zero-order valence-corrected chi connectivity index (χ0v) is 13.6. The van der Waals surface area contributed by atoms with Crippen LogP contribution in [-0.4, -0.2) is 0 Å². The monoisotopic (exact) mass is 318 g/mol. The highest BCUT2D eigenvalue weighted by Gasteiger charge is 2.02. The van der Waals surface area contributed by atoms with E-state index in [-0.39, 0.29) is 0 Å². The van der Waals surface area contributed by atoms with Crippen molar-refractivity contribution in [2.75, 3.05) is 10.1 Å². The van der Waals surface area contributed by atoms with Crippen LogP contribution < -0.4 is 10.1 Å². The molecule has 0 saturated heterocycles. The Hall–Kier alpha value is -2.82. The molecule has 3 aromatic rings. The Morgan fingerprint density at radius 2 is 1.00 bits per heavy atom.